The quantitative estimate of drug-likeness (QED) is 0.0266. The van der Waals surface area contributed by atoms with E-state index in [0.717, 1.165) is 0 Å². The molecule has 0 fully saturated rings. The average Bonchev–Trinajstić information content (AvgIpc) is 1.65. The fourth-order valence-electron chi connectivity index (χ4n) is 15.4. The molecule has 0 saturated heterocycles. The van der Waals surface area contributed by atoms with Crippen LogP contribution in [0, 0.1) is 0 Å². The number of hydrogen-bond donors (Lipinski definition) is 0. The number of unbranched alkanes of at least 4 members (excludes halogenated alkanes) is 26. The molecule has 10 heteroatoms. The van der Waals surface area contributed by atoms with E-state index >= 15 is 0 Å². The minimum Gasteiger partial charge on any atom is -0.335 e. The maximum absolute atomic E-state index is 3.10. The number of hydrogen-bond acceptors (Lipinski definition) is 6. The largest absolute Gasteiger partial charge is 0.335 e. The van der Waals surface area contributed by atoms with E-state index < -0.39 is 36.8 Å². The summed E-state index contributed by atoms with van der Waals surface area (Å²) in [7, 11) is 0. The Balaban J connectivity index is 0.000000298. The first-order valence-electron chi connectivity index (χ1n) is 38.1. The maximum atomic E-state index is 3.10. The van der Waals surface area contributed by atoms with E-state index in [9.17, 15) is 0 Å². The Bertz CT molecular complexity index is 3010. The summed E-state index contributed by atoms with van der Waals surface area (Å²) >= 11 is 7.75. The molecule has 8 rings (SSSR count). The molecule has 0 spiro atoms. The van der Waals surface area contributed by atoms with E-state index in [0.29, 0.717) is 12.1 Å². The number of rotatable bonds is 50. The number of thiophene rings is 6. The van der Waals surface area contributed by atoms with Crippen LogP contribution in [0.2, 0.25) is 26.6 Å². The standard InChI is InChI=1S/C27H39NS3.C27H37NS3.6C4H9.2Sn/c2*1-3-5-7-9-11-13-15-21(16-14-12-10-8-6-4-2)28-22-17-19-29-25(22)27-24(28)26-23(31-27)18-20-30-26;6*1-3-4-2;;/h17-21H,3-16H2,1-2H3;17-18,21H,3-16H2,1-2H3;6*1,3-4H2,2H3;;. The van der Waals surface area contributed by atoms with Gasteiger partial charge in [-0.15, -0.1) is 34.0 Å². The second-order valence-corrected chi connectivity index (χ2v) is 62.3. The zero-order valence-corrected chi connectivity index (χ0v) is 69.1. The van der Waals surface area contributed by atoms with Gasteiger partial charge in [0.05, 0.1) is 25.1 Å². The summed E-state index contributed by atoms with van der Waals surface area (Å²) in [4.78, 5) is 0. The fraction of sp³-hybridized carbons (Fsp3) is 0.744. The first-order valence-corrected chi connectivity index (χ1v) is 58.1. The van der Waals surface area contributed by atoms with Gasteiger partial charge in [-0.1, -0.05) is 105 Å². The summed E-state index contributed by atoms with van der Waals surface area (Å²) in [5, 5.41) is 4.59. The topological polar surface area (TPSA) is 9.86 Å². The van der Waals surface area contributed by atoms with Crippen LogP contribution in [-0.4, -0.2) is 45.9 Å². The molecular formula is C78H130N2S6Sn2. The molecule has 0 bridgehead atoms. The molecule has 88 heavy (non-hydrogen) atoms. The van der Waals surface area contributed by atoms with Gasteiger partial charge in [-0.2, -0.15) is 0 Å². The van der Waals surface area contributed by atoms with E-state index in [1.54, 1.807) is 66.7 Å². The second-order valence-electron chi connectivity index (χ2n) is 27.9. The van der Waals surface area contributed by atoms with Gasteiger partial charge in [-0.05, 0) is 35.7 Å². The van der Waals surface area contributed by atoms with Crippen molar-refractivity contribution in [3.8, 4) is 0 Å². The van der Waals surface area contributed by atoms with Crippen LogP contribution in [0.4, 0.5) is 0 Å². The van der Waals surface area contributed by atoms with E-state index in [1.807, 2.05) is 39.8 Å². The minimum atomic E-state index is -2.58. The Morgan fingerprint density at radius 1 is 0.295 bits per heavy atom. The molecule has 2 nitrogen and oxygen atoms in total. The molecule has 8 aromatic rings. The predicted molar refractivity (Wildman–Crippen MR) is 420 cm³/mol. The second kappa shape index (κ2) is 41.8. The van der Waals surface area contributed by atoms with Crippen molar-refractivity contribution in [2.24, 2.45) is 0 Å². The first-order chi connectivity index (χ1) is 43.3. The molecule has 0 N–H and O–H groups in total. The third-order valence-electron chi connectivity index (χ3n) is 20.8. The SMILES string of the molecule is CCCCCCCCC(CCCCCCCC)n1c2c[c]([Sn]([CH2]CCC)([CH2]CCC)[CH2]CCC)sc2c2sc3c[c]([Sn]([CH2]CCC)([CH2]CCC)[CH2]CCC)sc3c21.CCCCCCCCC(CCCCCCCC)n1c2ccsc2c2sc3ccsc3c21. The molecule has 8 aromatic heterocycles. The monoisotopic (exact) mass is 1530 g/mol. The van der Waals surface area contributed by atoms with Gasteiger partial charge in [-0.3, -0.25) is 0 Å². The molecule has 0 unspecified atom stereocenters. The summed E-state index contributed by atoms with van der Waals surface area (Å²) in [5.41, 5.74) is 6.46. The van der Waals surface area contributed by atoms with Gasteiger partial charge in [0, 0.05) is 10.7 Å². The predicted octanol–water partition coefficient (Wildman–Crippen LogP) is 30.5. The van der Waals surface area contributed by atoms with Crippen molar-refractivity contribution < 1.29 is 0 Å². The molecule has 0 atom stereocenters. The fourth-order valence-corrected chi connectivity index (χ4v) is 61.2. The molecule has 0 saturated carbocycles. The van der Waals surface area contributed by atoms with Crippen LogP contribution < -0.4 is 5.79 Å². The summed E-state index contributed by atoms with van der Waals surface area (Å²) < 4.78 is 32.2. The van der Waals surface area contributed by atoms with E-state index in [4.69, 9.17) is 0 Å². The molecule has 496 valence electrons. The van der Waals surface area contributed by atoms with Crippen molar-refractivity contribution in [1.29, 1.82) is 0 Å². The van der Waals surface area contributed by atoms with Gasteiger partial charge < -0.3 is 4.57 Å². The Hall–Kier alpha value is -0.0826. The zero-order valence-electron chi connectivity index (χ0n) is 58.5. The number of nitrogens with zero attached hydrogens (tertiary/aromatic N) is 2. The Labute approximate surface area is 573 Å². The number of aromatic nitrogens is 2. The van der Waals surface area contributed by atoms with Crippen molar-refractivity contribution in [2.75, 3.05) is 0 Å². The number of fused-ring (bicyclic) bond motifs is 10. The van der Waals surface area contributed by atoms with Crippen LogP contribution in [0.15, 0.2) is 35.0 Å². The van der Waals surface area contributed by atoms with Crippen molar-refractivity contribution in [3.63, 3.8) is 0 Å². The van der Waals surface area contributed by atoms with Crippen molar-refractivity contribution >= 4 is 170 Å². The molecule has 0 aliphatic carbocycles. The molecule has 0 aliphatic rings. The Kier molecular flexibility index (Phi) is 35.8. The summed E-state index contributed by atoms with van der Waals surface area (Å²) in [5.74, 6) is 0. The van der Waals surface area contributed by atoms with Gasteiger partial charge in [0.1, 0.15) is 0 Å². The van der Waals surface area contributed by atoms with Gasteiger partial charge in [0.2, 0.25) is 0 Å². The molecular weight excluding hydrogens is 1390 g/mol. The van der Waals surface area contributed by atoms with Crippen molar-refractivity contribution in [1.82, 2.24) is 9.13 Å². The average molecular weight is 1530 g/mol. The van der Waals surface area contributed by atoms with E-state index in [2.05, 4.69) is 147 Å². The van der Waals surface area contributed by atoms with Gasteiger partial charge in [-0.25, -0.2) is 0 Å². The van der Waals surface area contributed by atoms with Crippen LogP contribution in [0.5, 0.6) is 0 Å². The summed E-state index contributed by atoms with van der Waals surface area (Å²) in [6.07, 6.45) is 56.0. The molecule has 8 heterocycles. The minimum absolute atomic E-state index is 0.647. The van der Waals surface area contributed by atoms with Crippen LogP contribution in [0.25, 0.3) is 59.7 Å². The molecule has 0 aromatic carbocycles. The van der Waals surface area contributed by atoms with Crippen molar-refractivity contribution in [2.45, 2.75) is 365 Å². The van der Waals surface area contributed by atoms with Crippen LogP contribution in [-0.2, 0) is 0 Å². The van der Waals surface area contributed by atoms with Gasteiger partial charge >= 0.3 is 364 Å². The van der Waals surface area contributed by atoms with Crippen LogP contribution >= 0.6 is 68.0 Å². The van der Waals surface area contributed by atoms with Crippen LogP contribution in [0.3, 0.4) is 0 Å². The first kappa shape index (κ1) is 75.3. The third-order valence-corrected chi connectivity index (χ3v) is 64.1. The van der Waals surface area contributed by atoms with E-state index in [-0.39, 0.29) is 0 Å². The normalized spacial score (nSPS) is 12.7. The molecule has 0 aliphatic heterocycles. The molecule has 0 radical (unpaired) electrons. The summed E-state index contributed by atoms with van der Waals surface area (Å²) in [6.45, 7) is 24.0. The van der Waals surface area contributed by atoms with E-state index in [1.165, 1.54) is 276 Å². The maximum Gasteiger partial charge on any atom is 0.0793 e. The van der Waals surface area contributed by atoms with Gasteiger partial charge in [0.15, 0.2) is 0 Å². The van der Waals surface area contributed by atoms with Crippen LogP contribution in [0.1, 0.15) is 338 Å². The molecule has 0 amide bonds. The third kappa shape index (κ3) is 20.5. The van der Waals surface area contributed by atoms with Crippen molar-refractivity contribution in [3.05, 3.63) is 35.0 Å². The van der Waals surface area contributed by atoms with Gasteiger partial charge in [0.25, 0.3) is 0 Å². The zero-order chi connectivity index (χ0) is 62.4. The Morgan fingerprint density at radius 3 is 1.06 bits per heavy atom. The summed E-state index contributed by atoms with van der Waals surface area (Å²) in [6, 6.07) is 11.8. The Morgan fingerprint density at radius 2 is 0.625 bits per heavy atom. The smallest absolute Gasteiger partial charge is 0.0793 e.